The highest BCUT2D eigenvalue weighted by Crippen LogP contribution is 2.27. The van der Waals surface area contributed by atoms with E-state index in [4.69, 9.17) is 9.47 Å². The van der Waals surface area contributed by atoms with Crippen LogP contribution in [0.2, 0.25) is 0 Å². The highest BCUT2D eigenvalue weighted by Gasteiger charge is 2.33. The summed E-state index contributed by atoms with van der Waals surface area (Å²) in [7, 11) is 5.68. The lowest BCUT2D eigenvalue weighted by Gasteiger charge is -2.33. The molecule has 7 unspecified atom stereocenters. The zero-order valence-corrected chi connectivity index (χ0v) is 33.1. The minimum Gasteiger partial charge on any atom is -0.381 e. The molecule has 11 nitrogen and oxygen atoms in total. The summed E-state index contributed by atoms with van der Waals surface area (Å²) in [6.45, 7) is 15.6. The molecule has 6 fully saturated rings. The summed E-state index contributed by atoms with van der Waals surface area (Å²) in [6.07, 6.45) is 14.2. The molecular formula is C40H74N6O5. The fourth-order valence-electron chi connectivity index (χ4n) is 8.78. The van der Waals surface area contributed by atoms with Gasteiger partial charge < -0.3 is 40.1 Å². The number of hydrogen-bond acceptors (Lipinski definition) is 8. The van der Waals surface area contributed by atoms with Gasteiger partial charge >= 0.3 is 0 Å². The molecule has 0 aromatic carbocycles. The molecule has 1 saturated carbocycles. The molecule has 7 atom stereocenters. The molecule has 6 rings (SSSR count). The molecule has 294 valence electrons. The van der Waals surface area contributed by atoms with Crippen molar-refractivity contribution in [2.75, 3.05) is 86.8 Å². The van der Waals surface area contributed by atoms with Gasteiger partial charge in [-0.05, 0) is 103 Å². The van der Waals surface area contributed by atoms with E-state index in [-0.39, 0.29) is 29.9 Å². The molecule has 0 aromatic heterocycles. The van der Waals surface area contributed by atoms with Gasteiger partial charge in [0, 0.05) is 57.7 Å². The molecule has 5 heterocycles. The second-order valence-corrected chi connectivity index (χ2v) is 16.9. The van der Waals surface area contributed by atoms with Crippen molar-refractivity contribution in [2.24, 2.45) is 35.5 Å². The monoisotopic (exact) mass is 719 g/mol. The predicted molar refractivity (Wildman–Crippen MR) is 203 cm³/mol. The third-order valence-electron chi connectivity index (χ3n) is 12.2. The van der Waals surface area contributed by atoms with Crippen molar-refractivity contribution in [3.05, 3.63) is 0 Å². The summed E-state index contributed by atoms with van der Waals surface area (Å²) < 4.78 is 10.6. The van der Waals surface area contributed by atoms with Crippen LogP contribution in [-0.4, -0.2) is 137 Å². The van der Waals surface area contributed by atoms with Gasteiger partial charge in [0.2, 0.25) is 17.7 Å². The Kier molecular flexibility index (Phi) is 17.9. The average Bonchev–Trinajstić information content (AvgIpc) is 3.47. The molecule has 5 saturated heterocycles. The van der Waals surface area contributed by atoms with E-state index in [9.17, 15) is 14.4 Å². The van der Waals surface area contributed by atoms with Crippen LogP contribution in [0.5, 0.6) is 0 Å². The molecule has 3 amide bonds. The van der Waals surface area contributed by atoms with Gasteiger partial charge in [0.15, 0.2) is 0 Å². The maximum Gasteiger partial charge on any atom is 0.239 e. The summed E-state index contributed by atoms with van der Waals surface area (Å²) in [5, 5.41) is 9.47. The van der Waals surface area contributed by atoms with E-state index < -0.39 is 0 Å². The molecule has 0 radical (unpaired) electrons. The number of rotatable bonds is 9. The van der Waals surface area contributed by atoms with Crippen molar-refractivity contribution in [3.8, 4) is 0 Å². The van der Waals surface area contributed by atoms with Crippen molar-refractivity contribution in [1.29, 1.82) is 0 Å². The number of amides is 3. The first-order valence-electron chi connectivity index (χ1n) is 20.6. The van der Waals surface area contributed by atoms with Gasteiger partial charge in [0.25, 0.3) is 0 Å². The molecular weight excluding hydrogens is 644 g/mol. The maximum absolute atomic E-state index is 12.5. The number of likely N-dealkylation sites (N-methyl/N-ethyl adjacent to an activating group) is 3. The van der Waals surface area contributed by atoms with Crippen molar-refractivity contribution in [1.82, 2.24) is 30.7 Å². The van der Waals surface area contributed by atoms with E-state index in [1.807, 2.05) is 26.0 Å². The first kappa shape index (κ1) is 42.0. The van der Waals surface area contributed by atoms with E-state index in [1.165, 1.54) is 38.5 Å². The Morgan fingerprint density at radius 3 is 1.24 bits per heavy atom. The minimum atomic E-state index is 0.0160. The van der Waals surface area contributed by atoms with E-state index in [1.54, 1.807) is 0 Å². The Morgan fingerprint density at radius 2 is 0.882 bits per heavy atom. The van der Waals surface area contributed by atoms with Crippen LogP contribution >= 0.6 is 0 Å². The molecule has 51 heavy (non-hydrogen) atoms. The lowest BCUT2D eigenvalue weighted by molar-refractivity contribution is -0.136. The standard InChI is InChI=1S/C15H28N2O.C13H24N2O2.C12H22N2O2/c1-12-8-9-14(16-2)15(18)17(10-12)11-13-6-4-3-5-7-13;1-10-3-4-12(14-2)13(16)15(7-10)8-11-5-6-17-9-11;1-9-3-4-11(13-2)12(15)14(5-9)6-10-7-16-8-10/h12-14,16H,3-11H2,1-2H3;10-12,14H,3-9H2,1-2H3;9-11,13H,3-8H2,1-2H3. The Hall–Kier alpha value is -1.79. The Bertz CT molecular complexity index is 1050. The molecule has 0 bridgehead atoms. The average molecular weight is 719 g/mol. The van der Waals surface area contributed by atoms with Crippen LogP contribution in [0.1, 0.15) is 97.8 Å². The molecule has 1 aliphatic carbocycles. The van der Waals surface area contributed by atoms with Gasteiger partial charge in [-0.3, -0.25) is 14.4 Å². The number of carbonyl (C=O) groups is 3. The van der Waals surface area contributed by atoms with Gasteiger partial charge in [0.1, 0.15) is 0 Å². The van der Waals surface area contributed by atoms with Crippen molar-refractivity contribution < 1.29 is 23.9 Å². The topological polar surface area (TPSA) is 115 Å². The largest absolute Gasteiger partial charge is 0.381 e. The van der Waals surface area contributed by atoms with Crippen LogP contribution in [0, 0.1) is 35.5 Å². The second-order valence-electron chi connectivity index (χ2n) is 16.9. The summed E-state index contributed by atoms with van der Waals surface area (Å²) in [5.41, 5.74) is 0. The number of nitrogens with zero attached hydrogens (tertiary/aromatic N) is 3. The predicted octanol–water partition coefficient (Wildman–Crippen LogP) is 3.76. The number of hydrogen-bond donors (Lipinski definition) is 3. The SMILES string of the molecule is CNC1CCC(C)CN(CC2CCCCC2)C1=O.CNC1CCC(C)CN(CC2CCOC2)C1=O.CNC1CCC(C)CN(CC2COC2)C1=O. The number of ether oxygens (including phenoxy) is 2. The van der Waals surface area contributed by atoms with Gasteiger partial charge in [0.05, 0.1) is 37.9 Å². The van der Waals surface area contributed by atoms with Gasteiger partial charge in [-0.1, -0.05) is 40.0 Å². The molecule has 0 aromatic rings. The summed E-state index contributed by atoms with van der Waals surface area (Å²) in [5.74, 6) is 4.63. The van der Waals surface area contributed by atoms with Gasteiger partial charge in [-0.2, -0.15) is 0 Å². The molecule has 6 aliphatic rings. The van der Waals surface area contributed by atoms with Crippen molar-refractivity contribution in [3.63, 3.8) is 0 Å². The normalized spacial score (nSPS) is 32.9. The van der Waals surface area contributed by atoms with E-state index in [0.717, 1.165) is 110 Å². The smallest absolute Gasteiger partial charge is 0.239 e. The third-order valence-corrected chi connectivity index (χ3v) is 12.2. The first-order valence-corrected chi connectivity index (χ1v) is 20.6. The Balaban J connectivity index is 0.000000172. The van der Waals surface area contributed by atoms with Crippen LogP contribution in [0.15, 0.2) is 0 Å². The van der Waals surface area contributed by atoms with E-state index in [0.29, 0.717) is 35.5 Å². The highest BCUT2D eigenvalue weighted by molar-refractivity contribution is 5.83. The van der Waals surface area contributed by atoms with Crippen LogP contribution in [-0.2, 0) is 23.9 Å². The Morgan fingerprint density at radius 1 is 0.490 bits per heavy atom. The Labute approximate surface area is 310 Å². The summed E-state index contributed by atoms with van der Waals surface area (Å²) in [6, 6.07) is 0.0896. The highest BCUT2D eigenvalue weighted by atomic mass is 16.5. The zero-order valence-electron chi connectivity index (χ0n) is 33.1. The fraction of sp³-hybridized carbons (Fsp3) is 0.925. The van der Waals surface area contributed by atoms with Crippen LogP contribution < -0.4 is 16.0 Å². The van der Waals surface area contributed by atoms with Gasteiger partial charge in [-0.25, -0.2) is 0 Å². The number of nitrogens with one attached hydrogen (secondary N) is 3. The van der Waals surface area contributed by atoms with Crippen LogP contribution in [0.25, 0.3) is 0 Å². The lowest BCUT2D eigenvalue weighted by Crippen LogP contribution is -2.48. The van der Waals surface area contributed by atoms with Gasteiger partial charge in [-0.15, -0.1) is 0 Å². The second kappa shape index (κ2) is 21.8. The summed E-state index contributed by atoms with van der Waals surface area (Å²) >= 11 is 0. The minimum absolute atomic E-state index is 0.0160. The number of likely N-dealkylation sites (tertiary alicyclic amines) is 3. The quantitative estimate of drug-likeness (QED) is 0.331. The van der Waals surface area contributed by atoms with Crippen molar-refractivity contribution >= 4 is 17.7 Å². The van der Waals surface area contributed by atoms with Crippen LogP contribution in [0.4, 0.5) is 0 Å². The molecule has 5 aliphatic heterocycles. The fourth-order valence-corrected chi connectivity index (χ4v) is 8.78. The molecule has 3 N–H and O–H groups in total. The number of carbonyl (C=O) groups excluding carboxylic acids is 3. The zero-order chi connectivity index (χ0) is 36.8. The summed E-state index contributed by atoms with van der Waals surface area (Å²) in [4.78, 5) is 43.2. The van der Waals surface area contributed by atoms with Crippen molar-refractivity contribution in [2.45, 2.75) is 116 Å². The lowest BCUT2D eigenvalue weighted by atomic mass is 9.89. The first-order chi connectivity index (χ1) is 24.6. The molecule has 0 spiro atoms. The van der Waals surface area contributed by atoms with E-state index >= 15 is 0 Å². The maximum atomic E-state index is 12.5. The third kappa shape index (κ3) is 13.2. The van der Waals surface area contributed by atoms with Crippen LogP contribution in [0.3, 0.4) is 0 Å². The van der Waals surface area contributed by atoms with E-state index in [2.05, 4.69) is 46.5 Å². The molecule has 11 heteroatoms.